The van der Waals surface area contributed by atoms with E-state index >= 15 is 0 Å². The largest absolute Gasteiger partial charge is 0.393 e. The van der Waals surface area contributed by atoms with Crippen molar-refractivity contribution in [1.29, 1.82) is 0 Å². The molecule has 84 valence electrons. The summed E-state index contributed by atoms with van der Waals surface area (Å²) in [5, 5.41) is 9.16. The Morgan fingerprint density at radius 1 is 1.73 bits per heavy atom. The number of rotatable bonds is 4. The van der Waals surface area contributed by atoms with Gasteiger partial charge in [0, 0.05) is 13.6 Å². The van der Waals surface area contributed by atoms with E-state index < -0.39 is 0 Å². The van der Waals surface area contributed by atoms with Gasteiger partial charge in [-0.05, 0) is 35.9 Å². The molecule has 0 saturated heterocycles. The van der Waals surface area contributed by atoms with Crippen molar-refractivity contribution in [3.05, 3.63) is 20.3 Å². The van der Waals surface area contributed by atoms with Gasteiger partial charge >= 0.3 is 0 Å². The normalized spacial score (nSPS) is 12.5. The lowest BCUT2D eigenvalue weighted by Gasteiger charge is -2.19. The van der Waals surface area contributed by atoms with Gasteiger partial charge in [0.25, 0.3) is 5.56 Å². The molecule has 0 aromatic carbocycles. The summed E-state index contributed by atoms with van der Waals surface area (Å²) in [4.78, 5) is 19.8. The van der Waals surface area contributed by atoms with Crippen LogP contribution in [0.2, 0.25) is 0 Å². The van der Waals surface area contributed by atoms with Crippen LogP contribution in [-0.4, -0.2) is 34.8 Å². The van der Waals surface area contributed by atoms with Gasteiger partial charge in [0.1, 0.15) is 9.39 Å². The summed E-state index contributed by atoms with van der Waals surface area (Å²) in [6.45, 7) is 2.41. The molecule has 0 aliphatic rings. The van der Waals surface area contributed by atoms with Crippen molar-refractivity contribution in [2.75, 3.05) is 18.5 Å². The van der Waals surface area contributed by atoms with E-state index in [9.17, 15) is 4.79 Å². The Morgan fingerprint density at radius 2 is 2.40 bits per heavy atom. The van der Waals surface area contributed by atoms with Crippen LogP contribution < -0.4 is 10.5 Å². The fraction of sp³-hybridized carbons (Fsp3) is 0.556. The van der Waals surface area contributed by atoms with Crippen LogP contribution >= 0.6 is 22.6 Å². The molecule has 1 aromatic rings. The summed E-state index contributed by atoms with van der Waals surface area (Å²) in [6, 6.07) is 0. The summed E-state index contributed by atoms with van der Waals surface area (Å²) < 4.78 is 0.572. The van der Waals surface area contributed by atoms with E-state index in [0.29, 0.717) is 22.4 Å². The van der Waals surface area contributed by atoms with E-state index in [1.54, 1.807) is 6.92 Å². The van der Waals surface area contributed by atoms with Gasteiger partial charge in [-0.3, -0.25) is 4.79 Å². The smallest absolute Gasteiger partial charge is 0.266 e. The van der Waals surface area contributed by atoms with Crippen LogP contribution in [0.1, 0.15) is 13.3 Å². The molecular weight excluding hydrogens is 309 g/mol. The van der Waals surface area contributed by atoms with Crippen molar-refractivity contribution in [2.24, 2.45) is 0 Å². The predicted molar refractivity (Wildman–Crippen MR) is 67.1 cm³/mol. The van der Waals surface area contributed by atoms with Crippen molar-refractivity contribution in [3.8, 4) is 0 Å². The second kappa shape index (κ2) is 5.45. The van der Waals surface area contributed by atoms with Crippen molar-refractivity contribution in [3.63, 3.8) is 0 Å². The molecule has 1 heterocycles. The Bertz CT molecular complexity index is 378. The highest BCUT2D eigenvalue weighted by atomic mass is 127. The van der Waals surface area contributed by atoms with Crippen LogP contribution in [0, 0.1) is 3.57 Å². The third-order valence-corrected chi connectivity index (χ3v) is 2.99. The van der Waals surface area contributed by atoms with Gasteiger partial charge in [-0.25, -0.2) is 4.98 Å². The second-order valence-corrected chi connectivity index (χ2v) is 4.51. The molecule has 0 saturated carbocycles. The maximum absolute atomic E-state index is 11.3. The SMILES string of the molecule is CC(O)CCN(C)c1nc[nH]c(=O)c1I. The van der Waals surface area contributed by atoms with Gasteiger partial charge in [0.05, 0.1) is 12.4 Å². The zero-order valence-corrected chi connectivity index (χ0v) is 10.9. The molecule has 15 heavy (non-hydrogen) atoms. The molecule has 2 N–H and O–H groups in total. The number of nitrogens with one attached hydrogen (secondary N) is 1. The van der Waals surface area contributed by atoms with Crippen LogP contribution in [0.5, 0.6) is 0 Å². The lowest BCUT2D eigenvalue weighted by Crippen LogP contribution is -2.26. The third kappa shape index (κ3) is 3.45. The van der Waals surface area contributed by atoms with E-state index in [4.69, 9.17) is 5.11 Å². The maximum atomic E-state index is 11.3. The number of aliphatic hydroxyl groups excluding tert-OH is 1. The first-order valence-corrected chi connectivity index (χ1v) is 5.72. The monoisotopic (exact) mass is 323 g/mol. The summed E-state index contributed by atoms with van der Waals surface area (Å²) in [7, 11) is 1.85. The van der Waals surface area contributed by atoms with Crippen LogP contribution in [0.25, 0.3) is 0 Å². The molecule has 1 aromatic heterocycles. The Kier molecular flexibility index (Phi) is 4.52. The number of hydrogen-bond acceptors (Lipinski definition) is 4. The van der Waals surface area contributed by atoms with E-state index in [1.807, 2.05) is 34.5 Å². The molecule has 0 spiro atoms. The quantitative estimate of drug-likeness (QED) is 0.796. The number of aromatic nitrogens is 2. The average Bonchev–Trinajstić information content (AvgIpc) is 2.18. The Morgan fingerprint density at radius 3 is 3.00 bits per heavy atom. The molecule has 0 aliphatic heterocycles. The van der Waals surface area contributed by atoms with Crippen LogP contribution in [0.15, 0.2) is 11.1 Å². The van der Waals surface area contributed by atoms with Crippen molar-refractivity contribution >= 4 is 28.4 Å². The number of anilines is 1. The van der Waals surface area contributed by atoms with Crippen LogP contribution in [0.4, 0.5) is 5.82 Å². The first-order valence-electron chi connectivity index (χ1n) is 4.64. The minimum Gasteiger partial charge on any atom is -0.393 e. The average molecular weight is 323 g/mol. The predicted octanol–water partition coefficient (Wildman–Crippen LogP) is 0.582. The summed E-state index contributed by atoms with van der Waals surface area (Å²) in [5.74, 6) is 0.653. The van der Waals surface area contributed by atoms with Gasteiger partial charge in [0.15, 0.2) is 0 Å². The number of halogens is 1. The van der Waals surface area contributed by atoms with E-state index in [-0.39, 0.29) is 11.7 Å². The minimum atomic E-state index is -0.341. The maximum Gasteiger partial charge on any atom is 0.266 e. The first kappa shape index (κ1) is 12.4. The highest BCUT2D eigenvalue weighted by Crippen LogP contribution is 2.13. The standard InChI is InChI=1S/C9H14IN3O2/c1-6(14)3-4-13(2)8-7(10)9(15)12-5-11-8/h5-6,14H,3-4H2,1-2H3,(H,11,12,15). The van der Waals surface area contributed by atoms with Gasteiger partial charge < -0.3 is 15.0 Å². The van der Waals surface area contributed by atoms with Crippen LogP contribution in [-0.2, 0) is 0 Å². The highest BCUT2D eigenvalue weighted by Gasteiger charge is 2.10. The lowest BCUT2D eigenvalue weighted by molar-refractivity contribution is 0.187. The third-order valence-electron chi connectivity index (χ3n) is 2.02. The Hall–Kier alpha value is -0.630. The summed E-state index contributed by atoms with van der Waals surface area (Å²) in [5.41, 5.74) is -0.135. The zero-order valence-electron chi connectivity index (χ0n) is 8.70. The zero-order chi connectivity index (χ0) is 11.4. The Balaban J connectivity index is 2.78. The number of H-pyrrole nitrogens is 1. The van der Waals surface area contributed by atoms with Crippen LogP contribution in [0.3, 0.4) is 0 Å². The summed E-state index contributed by atoms with van der Waals surface area (Å²) >= 11 is 1.97. The van der Waals surface area contributed by atoms with Gasteiger partial charge in [-0.1, -0.05) is 0 Å². The molecule has 0 aliphatic carbocycles. The molecule has 1 unspecified atom stereocenters. The Labute approximate surface area is 102 Å². The molecule has 1 rings (SSSR count). The minimum absolute atomic E-state index is 0.135. The fourth-order valence-electron chi connectivity index (χ4n) is 1.13. The molecule has 1 atom stereocenters. The van der Waals surface area contributed by atoms with Crippen molar-refractivity contribution in [1.82, 2.24) is 9.97 Å². The van der Waals surface area contributed by atoms with E-state index in [1.165, 1.54) is 6.33 Å². The molecule has 6 heteroatoms. The van der Waals surface area contributed by atoms with E-state index in [2.05, 4.69) is 9.97 Å². The molecule has 0 radical (unpaired) electrons. The number of hydrogen-bond donors (Lipinski definition) is 2. The fourth-order valence-corrected chi connectivity index (χ4v) is 1.83. The summed E-state index contributed by atoms with van der Waals surface area (Å²) in [6.07, 6.45) is 1.70. The first-order chi connectivity index (χ1) is 7.02. The van der Waals surface area contributed by atoms with Gasteiger partial charge in [0.2, 0.25) is 0 Å². The number of aromatic amines is 1. The molecule has 0 bridgehead atoms. The molecular formula is C9H14IN3O2. The van der Waals surface area contributed by atoms with E-state index in [0.717, 1.165) is 0 Å². The molecule has 0 amide bonds. The lowest BCUT2D eigenvalue weighted by atomic mass is 10.3. The highest BCUT2D eigenvalue weighted by molar-refractivity contribution is 14.1. The number of aliphatic hydroxyl groups is 1. The van der Waals surface area contributed by atoms with Gasteiger partial charge in [-0.15, -0.1) is 0 Å². The van der Waals surface area contributed by atoms with Crippen molar-refractivity contribution < 1.29 is 5.11 Å². The number of nitrogens with zero attached hydrogens (tertiary/aromatic N) is 2. The van der Waals surface area contributed by atoms with Gasteiger partial charge in [-0.2, -0.15) is 0 Å². The second-order valence-electron chi connectivity index (χ2n) is 3.43. The topological polar surface area (TPSA) is 69.2 Å². The molecule has 0 fully saturated rings. The van der Waals surface area contributed by atoms with Crippen molar-refractivity contribution in [2.45, 2.75) is 19.4 Å². The molecule has 5 nitrogen and oxygen atoms in total.